The number of rotatable bonds is 8. The van der Waals surface area contributed by atoms with Gasteiger partial charge in [-0.25, -0.2) is 0 Å². The molecular formula is C24H29N5O2S. The maximum Gasteiger partial charge on any atom is 0.252 e. The summed E-state index contributed by atoms with van der Waals surface area (Å²) in [5.74, 6) is 0.627. The van der Waals surface area contributed by atoms with E-state index in [1.807, 2.05) is 75.6 Å². The molecule has 32 heavy (non-hydrogen) atoms. The number of hydrogen-bond donors (Lipinski definition) is 2. The molecule has 0 bridgehead atoms. The zero-order valence-corrected chi connectivity index (χ0v) is 19.9. The molecule has 0 saturated carbocycles. The number of nitrogens with one attached hydrogen (secondary N) is 2. The van der Waals surface area contributed by atoms with Crippen molar-refractivity contribution in [3.63, 3.8) is 0 Å². The fourth-order valence-electron chi connectivity index (χ4n) is 3.39. The molecule has 2 N–H and O–H groups in total. The van der Waals surface area contributed by atoms with Crippen molar-refractivity contribution in [1.29, 1.82) is 0 Å². The first kappa shape index (κ1) is 23.5. The minimum atomic E-state index is -0.326. The average Bonchev–Trinajstić information content (AvgIpc) is 3.19. The van der Waals surface area contributed by atoms with Crippen LogP contribution in [0.5, 0.6) is 0 Å². The van der Waals surface area contributed by atoms with Crippen LogP contribution in [0.25, 0.3) is 0 Å². The van der Waals surface area contributed by atoms with Crippen LogP contribution in [0.15, 0.2) is 47.6 Å². The summed E-state index contributed by atoms with van der Waals surface area (Å²) in [5.41, 5.74) is 4.57. The van der Waals surface area contributed by atoms with Gasteiger partial charge in [-0.05, 0) is 63.4 Å². The molecule has 0 fully saturated rings. The number of carbonyl (C=O) groups excluding carboxylic acids is 2. The Kier molecular flexibility index (Phi) is 7.69. The van der Waals surface area contributed by atoms with Gasteiger partial charge in [-0.1, -0.05) is 42.1 Å². The third-order valence-electron chi connectivity index (χ3n) is 5.40. The molecule has 1 unspecified atom stereocenters. The van der Waals surface area contributed by atoms with Crippen LogP contribution < -0.4 is 10.6 Å². The lowest BCUT2D eigenvalue weighted by Gasteiger charge is -2.16. The van der Waals surface area contributed by atoms with Gasteiger partial charge in [0.2, 0.25) is 5.91 Å². The van der Waals surface area contributed by atoms with Crippen LogP contribution in [0.4, 0.5) is 5.69 Å². The maximum atomic E-state index is 12.7. The number of benzene rings is 2. The maximum absolute atomic E-state index is 12.7. The van der Waals surface area contributed by atoms with Crippen molar-refractivity contribution in [2.24, 2.45) is 0 Å². The van der Waals surface area contributed by atoms with Gasteiger partial charge in [-0.2, -0.15) is 0 Å². The van der Waals surface area contributed by atoms with Gasteiger partial charge >= 0.3 is 0 Å². The molecule has 1 heterocycles. The van der Waals surface area contributed by atoms with Crippen molar-refractivity contribution < 1.29 is 9.59 Å². The summed E-state index contributed by atoms with van der Waals surface area (Å²) in [7, 11) is 0. The molecule has 8 heteroatoms. The highest BCUT2D eigenvalue weighted by molar-refractivity contribution is 7.99. The highest BCUT2D eigenvalue weighted by atomic mass is 32.2. The molecular weight excluding hydrogens is 422 g/mol. The Hall–Kier alpha value is -3.13. The van der Waals surface area contributed by atoms with Crippen molar-refractivity contribution in [3.05, 3.63) is 70.5 Å². The van der Waals surface area contributed by atoms with Crippen LogP contribution in [0.3, 0.4) is 0 Å². The normalized spacial score (nSPS) is 11.8. The molecule has 1 atom stereocenters. The predicted molar refractivity (Wildman–Crippen MR) is 128 cm³/mol. The summed E-state index contributed by atoms with van der Waals surface area (Å²) < 4.78 is 1.93. The van der Waals surface area contributed by atoms with E-state index in [0.717, 1.165) is 22.4 Å². The van der Waals surface area contributed by atoms with Gasteiger partial charge in [0.15, 0.2) is 11.0 Å². The van der Waals surface area contributed by atoms with Gasteiger partial charge in [0.05, 0.1) is 11.8 Å². The molecule has 3 aromatic rings. The molecule has 0 aliphatic rings. The summed E-state index contributed by atoms with van der Waals surface area (Å²) >= 11 is 1.33. The minimum absolute atomic E-state index is 0.100. The van der Waals surface area contributed by atoms with Crippen LogP contribution >= 0.6 is 11.8 Å². The van der Waals surface area contributed by atoms with Gasteiger partial charge in [0.1, 0.15) is 0 Å². The first-order valence-electron chi connectivity index (χ1n) is 10.6. The summed E-state index contributed by atoms with van der Waals surface area (Å²) in [5, 5.41) is 15.2. The second-order valence-corrected chi connectivity index (χ2v) is 8.62. The molecule has 0 radical (unpaired) electrons. The second-order valence-electron chi connectivity index (χ2n) is 7.68. The number of aromatic nitrogens is 3. The van der Waals surface area contributed by atoms with E-state index in [4.69, 9.17) is 0 Å². The molecule has 3 rings (SSSR count). The van der Waals surface area contributed by atoms with E-state index in [1.165, 1.54) is 11.8 Å². The first-order valence-corrected chi connectivity index (χ1v) is 11.6. The molecule has 7 nitrogen and oxygen atoms in total. The molecule has 2 aromatic carbocycles. The highest BCUT2D eigenvalue weighted by Crippen LogP contribution is 2.22. The smallest absolute Gasteiger partial charge is 0.252 e. The molecule has 168 valence electrons. The number of hydrogen-bond acceptors (Lipinski definition) is 5. The van der Waals surface area contributed by atoms with E-state index in [1.54, 1.807) is 6.07 Å². The number of aryl methyl sites for hydroxylation is 2. The molecule has 0 aliphatic carbocycles. The minimum Gasteiger partial charge on any atom is -0.342 e. The summed E-state index contributed by atoms with van der Waals surface area (Å²) in [6.45, 7) is 10.4. The lowest BCUT2D eigenvalue weighted by atomic mass is 10.1. The predicted octanol–water partition coefficient (Wildman–Crippen LogP) is 4.45. The van der Waals surface area contributed by atoms with Crippen LogP contribution in [0.2, 0.25) is 0 Å². The molecule has 0 spiro atoms. The molecule has 1 aromatic heterocycles. The Morgan fingerprint density at radius 3 is 2.47 bits per heavy atom. The summed E-state index contributed by atoms with van der Waals surface area (Å²) in [6.07, 6.45) is 0. The van der Waals surface area contributed by atoms with Gasteiger partial charge in [0.25, 0.3) is 5.91 Å². The SMILES string of the molecule is CCn1c(SCC(=O)Nc2cccc(C)c2C)nnc1C(C)NC(=O)c1ccccc1C. The van der Waals surface area contributed by atoms with Crippen molar-refractivity contribution in [1.82, 2.24) is 20.1 Å². The van der Waals surface area contributed by atoms with Crippen LogP contribution in [0.1, 0.15) is 52.8 Å². The highest BCUT2D eigenvalue weighted by Gasteiger charge is 2.21. The number of amides is 2. The lowest BCUT2D eigenvalue weighted by Crippen LogP contribution is -2.29. The van der Waals surface area contributed by atoms with Gasteiger partial charge in [-0.3, -0.25) is 9.59 Å². The molecule has 0 saturated heterocycles. The first-order chi connectivity index (χ1) is 15.3. The standard InChI is InChI=1S/C24H29N5O2S/c1-6-29-22(18(5)25-23(31)19-12-8-7-10-16(19)3)27-28-24(29)32-14-21(30)26-20-13-9-11-15(2)17(20)4/h7-13,18H,6,14H2,1-5H3,(H,25,31)(H,26,30). The second kappa shape index (κ2) is 10.5. The molecule has 0 aliphatic heterocycles. The fourth-order valence-corrected chi connectivity index (χ4v) is 4.20. The van der Waals surface area contributed by atoms with E-state index in [-0.39, 0.29) is 23.6 Å². The zero-order chi connectivity index (χ0) is 23.3. The van der Waals surface area contributed by atoms with Crippen LogP contribution in [-0.4, -0.2) is 32.3 Å². The topological polar surface area (TPSA) is 88.9 Å². The number of carbonyl (C=O) groups is 2. The molecule has 2 amide bonds. The Bertz CT molecular complexity index is 1130. The Morgan fingerprint density at radius 2 is 1.75 bits per heavy atom. The van der Waals surface area contributed by atoms with Gasteiger partial charge in [-0.15, -0.1) is 10.2 Å². The van der Waals surface area contributed by atoms with Gasteiger partial charge < -0.3 is 15.2 Å². The quantitative estimate of drug-likeness (QED) is 0.494. The lowest BCUT2D eigenvalue weighted by molar-refractivity contribution is -0.113. The Morgan fingerprint density at radius 1 is 1.03 bits per heavy atom. The van der Waals surface area contributed by atoms with E-state index in [2.05, 4.69) is 20.8 Å². The van der Waals surface area contributed by atoms with Crippen molar-refractivity contribution >= 4 is 29.3 Å². The Balaban J connectivity index is 1.65. The van der Waals surface area contributed by atoms with Crippen LogP contribution in [-0.2, 0) is 11.3 Å². The van der Waals surface area contributed by atoms with Crippen molar-refractivity contribution in [3.8, 4) is 0 Å². The van der Waals surface area contributed by atoms with E-state index in [0.29, 0.717) is 23.1 Å². The fraction of sp³-hybridized carbons (Fsp3) is 0.333. The largest absolute Gasteiger partial charge is 0.342 e. The van der Waals surface area contributed by atoms with E-state index < -0.39 is 0 Å². The zero-order valence-electron chi connectivity index (χ0n) is 19.1. The van der Waals surface area contributed by atoms with Crippen LogP contribution in [0, 0.1) is 20.8 Å². The number of nitrogens with zero attached hydrogens (tertiary/aromatic N) is 3. The third-order valence-corrected chi connectivity index (χ3v) is 6.36. The van der Waals surface area contributed by atoms with Crippen molar-refractivity contribution in [2.45, 2.75) is 52.4 Å². The monoisotopic (exact) mass is 451 g/mol. The van der Waals surface area contributed by atoms with E-state index >= 15 is 0 Å². The number of thioether (sulfide) groups is 1. The number of anilines is 1. The summed E-state index contributed by atoms with van der Waals surface area (Å²) in [4.78, 5) is 25.1. The van der Waals surface area contributed by atoms with E-state index in [9.17, 15) is 9.59 Å². The third kappa shape index (κ3) is 5.37. The van der Waals surface area contributed by atoms with Crippen molar-refractivity contribution in [2.75, 3.05) is 11.1 Å². The summed E-state index contributed by atoms with van der Waals surface area (Å²) in [6, 6.07) is 13.0. The average molecular weight is 452 g/mol. The Labute approximate surface area is 193 Å². The van der Waals surface area contributed by atoms with Gasteiger partial charge in [0, 0.05) is 17.8 Å².